The molecule has 0 aliphatic rings. The molecule has 20 heavy (non-hydrogen) atoms. The van der Waals surface area contributed by atoms with E-state index in [0.29, 0.717) is 6.07 Å². The van der Waals surface area contributed by atoms with Crippen LogP contribution in [0, 0.1) is 0 Å². The standard InChI is InChI=1S/C11H9F6NO2/c12-10(13,14)6-3-1-2-5(4-7(18)9(19)20)8(6)11(15,16)17/h1-3,7H,4,18H2,(H,19,20). The third-order valence-electron chi connectivity index (χ3n) is 2.50. The molecule has 0 aromatic heterocycles. The monoisotopic (exact) mass is 301 g/mol. The van der Waals surface area contributed by atoms with Crippen molar-refractivity contribution in [3.8, 4) is 0 Å². The van der Waals surface area contributed by atoms with Gasteiger partial charge in [-0.25, -0.2) is 0 Å². The van der Waals surface area contributed by atoms with Crippen LogP contribution in [0.2, 0.25) is 0 Å². The van der Waals surface area contributed by atoms with Gasteiger partial charge in [-0.15, -0.1) is 0 Å². The first kappa shape index (κ1) is 16.3. The molecule has 9 heteroatoms. The SMILES string of the molecule is NC(Cc1cccc(C(F)(F)F)c1C(F)(F)F)C(=O)O. The first-order chi connectivity index (χ1) is 8.94. The zero-order valence-electron chi connectivity index (χ0n) is 9.72. The highest BCUT2D eigenvalue weighted by Gasteiger charge is 2.44. The molecule has 3 nitrogen and oxygen atoms in total. The van der Waals surface area contributed by atoms with Crippen LogP contribution in [0.4, 0.5) is 26.3 Å². The normalized spacial score (nSPS) is 14.2. The van der Waals surface area contributed by atoms with E-state index in [4.69, 9.17) is 10.8 Å². The molecule has 0 amide bonds. The largest absolute Gasteiger partial charge is 0.480 e. The van der Waals surface area contributed by atoms with Crippen LogP contribution in [0.1, 0.15) is 16.7 Å². The lowest BCUT2D eigenvalue weighted by Gasteiger charge is -2.19. The Morgan fingerprint density at radius 1 is 1.15 bits per heavy atom. The fourth-order valence-electron chi connectivity index (χ4n) is 1.67. The fraction of sp³-hybridized carbons (Fsp3) is 0.364. The molecule has 1 rings (SSSR count). The van der Waals surface area contributed by atoms with E-state index in [1.807, 2.05) is 0 Å². The first-order valence-corrected chi connectivity index (χ1v) is 5.19. The number of carbonyl (C=O) groups is 1. The van der Waals surface area contributed by atoms with Crippen LogP contribution in [0.3, 0.4) is 0 Å². The van der Waals surface area contributed by atoms with Crippen molar-refractivity contribution in [2.24, 2.45) is 5.73 Å². The number of nitrogens with two attached hydrogens (primary N) is 1. The summed E-state index contributed by atoms with van der Waals surface area (Å²) in [4.78, 5) is 10.5. The summed E-state index contributed by atoms with van der Waals surface area (Å²) in [6.07, 6.45) is -11.3. The smallest absolute Gasteiger partial charge is 0.417 e. The van der Waals surface area contributed by atoms with Crippen molar-refractivity contribution >= 4 is 5.97 Å². The number of alkyl halides is 6. The Kier molecular flexibility index (Phi) is 4.33. The Morgan fingerprint density at radius 3 is 2.10 bits per heavy atom. The van der Waals surface area contributed by atoms with Gasteiger partial charge < -0.3 is 10.8 Å². The second kappa shape index (κ2) is 5.31. The topological polar surface area (TPSA) is 63.3 Å². The molecular weight excluding hydrogens is 292 g/mol. The number of benzene rings is 1. The number of aliphatic carboxylic acids is 1. The highest BCUT2D eigenvalue weighted by atomic mass is 19.4. The maximum absolute atomic E-state index is 12.8. The maximum atomic E-state index is 12.8. The molecule has 1 unspecified atom stereocenters. The van der Waals surface area contributed by atoms with E-state index in [-0.39, 0.29) is 0 Å². The van der Waals surface area contributed by atoms with Gasteiger partial charge in [0.2, 0.25) is 0 Å². The quantitative estimate of drug-likeness (QED) is 0.844. The molecule has 112 valence electrons. The van der Waals surface area contributed by atoms with E-state index < -0.39 is 47.5 Å². The molecule has 0 saturated carbocycles. The van der Waals surface area contributed by atoms with Crippen molar-refractivity contribution in [2.45, 2.75) is 24.8 Å². The summed E-state index contributed by atoms with van der Waals surface area (Å²) in [5.41, 5.74) is 0.508. The Labute approximate surface area is 109 Å². The summed E-state index contributed by atoms with van der Waals surface area (Å²) in [7, 11) is 0. The second-order valence-corrected chi connectivity index (χ2v) is 3.98. The minimum absolute atomic E-state index is 0.290. The minimum atomic E-state index is -5.26. The predicted molar refractivity (Wildman–Crippen MR) is 55.8 cm³/mol. The van der Waals surface area contributed by atoms with Crippen LogP contribution in [0.15, 0.2) is 18.2 Å². The molecule has 0 aliphatic carbocycles. The van der Waals surface area contributed by atoms with Gasteiger partial charge in [-0.05, 0) is 18.1 Å². The third-order valence-corrected chi connectivity index (χ3v) is 2.50. The van der Waals surface area contributed by atoms with Crippen molar-refractivity contribution in [3.63, 3.8) is 0 Å². The van der Waals surface area contributed by atoms with E-state index in [1.165, 1.54) is 0 Å². The molecule has 3 N–H and O–H groups in total. The van der Waals surface area contributed by atoms with E-state index in [9.17, 15) is 31.1 Å². The van der Waals surface area contributed by atoms with Gasteiger partial charge in [0.15, 0.2) is 0 Å². The lowest BCUT2D eigenvalue weighted by molar-refractivity contribution is -0.162. The van der Waals surface area contributed by atoms with Gasteiger partial charge in [0.05, 0.1) is 11.1 Å². The van der Waals surface area contributed by atoms with E-state index in [2.05, 4.69) is 0 Å². The van der Waals surface area contributed by atoms with Gasteiger partial charge in [0, 0.05) is 0 Å². The minimum Gasteiger partial charge on any atom is -0.480 e. The van der Waals surface area contributed by atoms with Crippen molar-refractivity contribution in [1.82, 2.24) is 0 Å². The molecule has 0 saturated heterocycles. The van der Waals surface area contributed by atoms with Crippen LogP contribution in [-0.2, 0) is 23.6 Å². The molecule has 1 aromatic rings. The Morgan fingerprint density at radius 2 is 1.70 bits per heavy atom. The summed E-state index contributed by atoms with van der Waals surface area (Å²) >= 11 is 0. The van der Waals surface area contributed by atoms with Crippen molar-refractivity contribution in [3.05, 3.63) is 34.9 Å². The predicted octanol–water partition coefficient (Wildman–Crippen LogP) is 2.68. The molecule has 0 spiro atoms. The highest BCUT2D eigenvalue weighted by molar-refractivity contribution is 5.73. The number of rotatable bonds is 3. The highest BCUT2D eigenvalue weighted by Crippen LogP contribution is 2.42. The van der Waals surface area contributed by atoms with Crippen molar-refractivity contribution in [1.29, 1.82) is 0 Å². The molecular formula is C11H9F6NO2. The van der Waals surface area contributed by atoms with E-state index >= 15 is 0 Å². The first-order valence-electron chi connectivity index (χ1n) is 5.19. The summed E-state index contributed by atoms with van der Waals surface area (Å²) in [5, 5.41) is 8.54. The Balaban J connectivity index is 3.42. The van der Waals surface area contributed by atoms with E-state index in [1.54, 1.807) is 0 Å². The lowest BCUT2D eigenvalue weighted by atomic mass is 9.95. The maximum Gasteiger partial charge on any atom is 0.417 e. The lowest BCUT2D eigenvalue weighted by Crippen LogP contribution is -2.33. The van der Waals surface area contributed by atoms with Crippen LogP contribution in [-0.4, -0.2) is 17.1 Å². The average Bonchev–Trinajstić information content (AvgIpc) is 2.25. The Bertz CT molecular complexity index is 509. The van der Waals surface area contributed by atoms with Crippen molar-refractivity contribution < 1.29 is 36.2 Å². The van der Waals surface area contributed by atoms with Crippen LogP contribution < -0.4 is 5.73 Å². The second-order valence-electron chi connectivity index (χ2n) is 3.98. The number of halogens is 6. The van der Waals surface area contributed by atoms with Gasteiger partial charge in [-0.3, -0.25) is 4.79 Å². The number of hydrogen-bond donors (Lipinski definition) is 2. The summed E-state index contributed by atoms with van der Waals surface area (Å²) in [6.45, 7) is 0. The van der Waals surface area contributed by atoms with Gasteiger partial charge >= 0.3 is 18.3 Å². The fourth-order valence-corrected chi connectivity index (χ4v) is 1.67. The van der Waals surface area contributed by atoms with Crippen LogP contribution in [0.5, 0.6) is 0 Å². The summed E-state index contributed by atoms with van der Waals surface area (Å²) < 4.78 is 76.2. The zero-order valence-corrected chi connectivity index (χ0v) is 9.72. The summed E-state index contributed by atoms with van der Waals surface area (Å²) in [6, 6.07) is 0.126. The van der Waals surface area contributed by atoms with Gasteiger partial charge in [0.25, 0.3) is 0 Å². The molecule has 0 radical (unpaired) electrons. The zero-order chi connectivity index (χ0) is 15.7. The van der Waals surface area contributed by atoms with Crippen molar-refractivity contribution in [2.75, 3.05) is 0 Å². The summed E-state index contributed by atoms with van der Waals surface area (Å²) in [5.74, 6) is -1.60. The molecule has 0 heterocycles. The Hall–Kier alpha value is -1.77. The van der Waals surface area contributed by atoms with Gasteiger partial charge in [-0.1, -0.05) is 12.1 Å². The number of hydrogen-bond acceptors (Lipinski definition) is 2. The molecule has 0 fully saturated rings. The molecule has 1 atom stereocenters. The average molecular weight is 301 g/mol. The molecule has 0 aliphatic heterocycles. The van der Waals surface area contributed by atoms with Gasteiger partial charge in [0.1, 0.15) is 6.04 Å². The van der Waals surface area contributed by atoms with E-state index in [0.717, 1.165) is 12.1 Å². The number of carboxylic acid groups (broad SMARTS) is 1. The molecule has 1 aromatic carbocycles. The molecule has 0 bridgehead atoms. The van der Waals surface area contributed by atoms with Crippen LogP contribution >= 0.6 is 0 Å². The van der Waals surface area contributed by atoms with Crippen LogP contribution in [0.25, 0.3) is 0 Å². The van der Waals surface area contributed by atoms with Gasteiger partial charge in [-0.2, -0.15) is 26.3 Å². The third kappa shape index (κ3) is 3.62. The number of carboxylic acids is 1.